The predicted molar refractivity (Wildman–Crippen MR) is 105 cm³/mol. The zero-order valence-corrected chi connectivity index (χ0v) is 15.3. The molecule has 0 spiro atoms. The maximum atomic E-state index is 12.0. The van der Waals surface area contributed by atoms with E-state index in [2.05, 4.69) is 15.3 Å². The Kier molecular flexibility index (Phi) is 6.51. The Morgan fingerprint density at radius 3 is 2.57 bits per heavy atom. The Morgan fingerprint density at radius 1 is 1.00 bits per heavy atom. The summed E-state index contributed by atoms with van der Waals surface area (Å²) in [6.45, 7) is 0.151. The molecule has 3 rings (SSSR count). The molecule has 28 heavy (non-hydrogen) atoms. The van der Waals surface area contributed by atoms with Crippen LogP contribution in [0.5, 0.6) is 0 Å². The highest BCUT2D eigenvalue weighted by molar-refractivity contribution is 5.80. The molecule has 0 saturated carbocycles. The lowest BCUT2D eigenvalue weighted by Gasteiger charge is -2.07. The first-order valence-electron chi connectivity index (χ1n) is 9.06. The van der Waals surface area contributed by atoms with Crippen LogP contribution in [-0.4, -0.2) is 35.0 Å². The first kappa shape index (κ1) is 19.3. The third kappa shape index (κ3) is 5.51. The van der Waals surface area contributed by atoms with Gasteiger partial charge in [-0.1, -0.05) is 42.5 Å². The number of fused-ring (bicyclic) bond motifs is 1. The van der Waals surface area contributed by atoms with Crippen molar-refractivity contribution in [3.8, 4) is 0 Å². The van der Waals surface area contributed by atoms with Crippen LogP contribution in [0.1, 0.15) is 17.8 Å². The lowest BCUT2D eigenvalue weighted by atomic mass is 10.1. The number of carbonyl (C=O) groups is 2. The van der Waals surface area contributed by atoms with Gasteiger partial charge in [0.2, 0.25) is 0 Å². The second-order valence-corrected chi connectivity index (χ2v) is 6.28. The quantitative estimate of drug-likeness (QED) is 0.581. The lowest BCUT2D eigenvalue weighted by Crippen LogP contribution is -2.30. The predicted octanol–water partition coefficient (Wildman–Crippen LogP) is 1.76. The number of ether oxygens (including phenoxy) is 1. The normalized spacial score (nSPS) is 10.6. The molecule has 1 amide bonds. The van der Waals surface area contributed by atoms with Gasteiger partial charge in [0.1, 0.15) is 5.82 Å². The summed E-state index contributed by atoms with van der Waals surface area (Å²) in [7, 11) is 0. The van der Waals surface area contributed by atoms with Gasteiger partial charge in [-0.3, -0.25) is 14.4 Å². The van der Waals surface area contributed by atoms with E-state index in [1.165, 1.54) is 0 Å². The molecule has 1 aromatic heterocycles. The number of nitrogens with zero attached hydrogens (tertiary/aromatic N) is 1. The van der Waals surface area contributed by atoms with Crippen molar-refractivity contribution in [1.29, 1.82) is 0 Å². The van der Waals surface area contributed by atoms with Crippen molar-refractivity contribution in [2.75, 3.05) is 13.2 Å². The van der Waals surface area contributed by atoms with Crippen LogP contribution in [0.3, 0.4) is 0 Å². The number of hydrogen-bond acceptors (Lipinski definition) is 5. The van der Waals surface area contributed by atoms with Crippen molar-refractivity contribution < 1.29 is 14.3 Å². The Balaban J connectivity index is 1.39. The minimum absolute atomic E-state index is 0.0264. The van der Waals surface area contributed by atoms with Crippen LogP contribution < -0.4 is 10.9 Å². The number of aryl methyl sites for hydroxylation is 1. The molecule has 2 aromatic carbocycles. The number of nitrogens with one attached hydrogen (secondary N) is 2. The van der Waals surface area contributed by atoms with Gasteiger partial charge in [-0.25, -0.2) is 4.98 Å². The maximum absolute atomic E-state index is 12.0. The average Bonchev–Trinajstić information content (AvgIpc) is 2.71. The van der Waals surface area contributed by atoms with Crippen LogP contribution in [0, 0.1) is 0 Å². The lowest BCUT2D eigenvalue weighted by molar-refractivity contribution is -0.148. The molecule has 0 saturated heterocycles. The van der Waals surface area contributed by atoms with Gasteiger partial charge >= 0.3 is 5.97 Å². The van der Waals surface area contributed by atoms with Crippen LogP contribution in [0.4, 0.5) is 0 Å². The molecule has 0 atom stereocenters. The summed E-state index contributed by atoms with van der Waals surface area (Å²) in [4.78, 5) is 42.6. The molecule has 0 bridgehead atoms. The van der Waals surface area contributed by atoms with Crippen LogP contribution in [0.15, 0.2) is 59.4 Å². The maximum Gasteiger partial charge on any atom is 0.306 e. The highest BCUT2D eigenvalue weighted by Crippen LogP contribution is 2.07. The van der Waals surface area contributed by atoms with E-state index in [0.29, 0.717) is 29.7 Å². The summed E-state index contributed by atoms with van der Waals surface area (Å²) < 4.78 is 4.98. The number of benzene rings is 2. The summed E-state index contributed by atoms with van der Waals surface area (Å²) in [5.74, 6) is -0.455. The van der Waals surface area contributed by atoms with Crippen molar-refractivity contribution in [2.45, 2.75) is 19.3 Å². The van der Waals surface area contributed by atoms with E-state index in [1.807, 2.05) is 30.3 Å². The van der Waals surface area contributed by atoms with Gasteiger partial charge in [-0.05, 0) is 24.1 Å². The zero-order valence-electron chi connectivity index (χ0n) is 15.3. The molecule has 1 heterocycles. The molecule has 0 radical (unpaired) electrons. The van der Waals surface area contributed by atoms with Gasteiger partial charge in [-0.2, -0.15) is 0 Å². The van der Waals surface area contributed by atoms with Crippen molar-refractivity contribution >= 4 is 22.8 Å². The van der Waals surface area contributed by atoms with E-state index in [1.54, 1.807) is 24.3 Å². The molecule has 0 fully saturated rings. The molecule has 0 unspecified atom stereocenters. The Labute approximate surface area is 161 Å². The Hall–Kier alpha value is -3.48. The smallest absolute Gasteiger partial charge is 0.306 e. The average molecular weight is 379 g/mol. The van der Waals surface area contributed by atoms with Gasteiger partial charge < -0.3 is 15.0 Å². The third-order valence-electron chi connectivity index (χ3n) is 4.17. The number of H-pyrrole nitrogens is 1. The molecular weight excluding hydrogens is 358 g/mol. The largest absolute Gasteiger partial charge is 0.456 e. The van der Waals surface area contributed by atoms with E-state index in [0.717, 1.165) is 5.56 Å². The van der Waals surface area contributed by atoms with Crippen molar-refractivity contribution in [2.24, 2.45) is 0 Å². The van der Waals surface area contributed by atoms with Crippen molar-refractivity contribution in [3.05, 3.63) is 76.3 Å². The van der Waals surface area contributed by atoms with Crippen molar-refractivity contribution in [1.82, 2.24) is 15.3 Å². The molecule has 0 aliphatic heterocycles. The van der Waals surface area contributed by atoms with Gasteiger partial charge in [0.25, 0.3) is 11.5 Å². The zero-order chi connectivity index (χ0) is 19.8. The van der Waals surface area contributed by atoms with Crippen LogP contribution in [0.25, 0.3) is 10.9 Å². The molecule has 0 aliphatic rings. The fraction of sp³-hybridized carbons (Fsp3) is 0.238. The van der Waals surface area contributed by atoms with Crippen LogP contribution in [0.2, 0.25) is 0 Å². The molecular formula is C21H21N3O4. The number of rotatable bonds is 8. The SMILES string of the molecule is O=C(COC(=O)CCc1nc2ccccc2c(=O)[nH]1)NCCc1ccccc1. The minimum Gasteiger partial charge on any atom is -0.456 e. The summed E-state index contributed by atoms with van der Waals surface area (Å²) in [5.41, 5.74) is 1.45. The fourth-order valence-corrected chi connectivity index (χ4v) is 2.73. The number of esters is 1. The standard InChI is InChI=1S/C21H21N3O4/c25-19(22-13-12-15-6-2-1-3-7-15)14-28-20(26)11-10-18-23-17-9-5-4-8-16(17)21(27)24-18/h1-9H,10-14H2,(H,22,25)(H,23,24,27). The molecule has 7 heteroatoms. The minimum atomic E-state index is -0.519. The molecule has 3 aromatic rings. The van der Waals surface area contributed by atoms with Gasteiger partial charge in [0.05, 0.1) is 17.3 Å². The second kappa shape index (κ2) is 9.45. The first-order valence-corrected chi connectivity index (χ1v) is 9.06. The van der Waals surface area contributed by atoms with E-state index < -0.39 is 5.97 Å². The van der Waals surface area contributed by atoms with Crippen molar-refractivity contribution in [3.63, 3.8) is 0 Å². The molecule has 0 aliphatic carbocycles. The summed E-state index contributed by atoms with van der Waals surface area (Å²) in [5, 5.41) is 3.21. The number of hydrogen-bond donors (Lipinski definition) is 2. The molecule has 7 nitrogen and oxygen atoms in total. The summed E-state index contributed by atoms with van der Waals surface area (Å²) in [6.07, 6.45) is 0.967. The van der Waals surface area contributed by atoms with Gasteiger partial charge in [0.15, 0.2) is 6.61 Å². The Morgan fingerprint density at radius 2 is 1.75 bits per heavy atom. The number of para-hydroxylation sites is 1. The van der Waals surface area contributed by atoms with Gasteiger partial charge in [-0.15, -0.1) is 0 Å². The van der Waals surface area contributed by atoms with Gasteiger partial charge in [0, 0.05) is 13.0 Å². The number of aromatic amines is 1. The van der Waals surface area contributed by atoms with Crippen LogP contribution in [-0.2, 0) is 27.2 Å². The van der Waals surface area contributed by atoms with Crippen LogP contribution >= 0.6 is 0 Å². The summed E-state index contributed by atoms with van der Waals surface area (Å²) in [6, 6.07) is 16.8. The highest BCUT2D eigenvalue weighted by Gasteiger charge is 2.10. The first-order chi connectivity index (χ1) is 13.6. The van der Waals surface area contributed by atoms with E-state index in [9.17, 15) is 14.4 Å². The second-order valence-electron chi connectivity index (χ2n) is 6.28. The number of amides is 1. The third-order valence-corrected chi connectivity index (χ3v) is 4.17. The highest BCUT2D eigenvalue weighted by atomic mass is 16.5. The fourth-order valence-electron chi connectivity index (χ4n) is 2.73. The number of carbonyl (C=O) groups excluding carboxylic acids is 2. The van der Waals surface area contributed by atoms with E-state index in [-0.39, 0.29) is 30.9 Å². The molecule has 2 N–H and O–H groups in total. The topological polar surface area (TPSA) is 101 Å². The monoisotopic (exact) mass is 379 g/mol. The Bertz CT molecular complexity index is 1010. The van der Waals surface area contributed by atoms with E-state index >= 15 is 0 Å². The molecule has 144 valence electrons. The van der Waals surface area contributed by atoms with E-state index in [4.69, 9.17) is 4.74 Å². The summed E-state index contributed by atoms with van der Waals surface area (Å²) >= 11 is 0. The number of aromatic nitrogens is 2.